The molecule has 1 aromatic rings. The van der Waals surface area contributed by atoms with E-state index in [0.717, 1.165) is 36.3 Å². The van der Waals surface area contributed by atoms with Crippen molar-refractivity contribution in [2.75, 3.05) is 6.54 Å². The van der Waals surface area contributed by atoms with Crippen LogP contribution < -0.4 is 5.32 Å². The molecule has 4 rings (SSSR count). The fourth-order valence-electron chi connectivity index (χ4n) is 5.24. The standard InChI is InChI=1S/C18H25N/c1-2-4-13(5-3-1)6-7-19-18-12-15-8-14-9-16(10-15)17(18)11-14/h1-5,14-19H,6-12H2/t14-,15+,16-,17-,18+/m1/s1. The van der Waals surface area contributed by atoms with E-state index in [0.29, 0.717) is 0 Å². The van der Waals surface area contributed by atoms with Crippen molar-refractivity contribution < 1.29 is 0 Å². The lowest BCUT2D eigenvalue weighted by atomic mass is 9.70. The first kappa shape index (κ1) is 12.0. The van der Waals surface area contributed by atoms with Crippen LogP contribution in [0, 0.1) is 23.7 Å². The highest BCUT2D eigenvalue weighted by atomic mass is 14.9. The molecular weight excluding hydrogens is 230 g/mol. The molecule has 1 heteroatoms. The van der Waals surface area contributed by atoms with Crippen LogP contribution in [0.25, 0.3) is 0 Å². The Bertz CT molecular complexity index is 425. The summed E-state index contributed by atoms with van der Waals surface area (Å²) in [5.41, 5.74) is 1.47. The van der Waals surface area contributed by atoms with Crippen molar-refractivity contribution in [3.8, 4) is 0 Å². The fraction of sp³-hybridized carbons (Fsp3) is 0.667. The summed E-state index contributed by atoms with van der Waals surface area (Å²) in [6.45, 7) is 1.16. The Labute approximate surface area is 116 Å². The van der Waals surface area contributed by atoms with E-state index in [1.165, 1.54) is 24.8 Å². The molecule has 0 spiro atoms. The number of hydrogen-bond donors (Lipinski definition) is 1. The molecule has 102 valence electrons. The molecule has 0 saturated heterocycles. The summed E-state index contributed by atoms with van der Waals surface area (Å²) in [6, 6.07) is 11.7. The Morgan fingerprint density at radius 3 is 2.53 bits per heavy atom. The summed E-state index contributed by atoms with van der Waals surface area (Å²) in [5, 5.41) is 3.90. The highest BCUT2D eigenvalue weighted by Crippen LogP contribution is 2.54. The van der Waals surface area contributed by atoms with Crippen LogP contribution in [0.5, 0.6) is 0 Å². The van der Waals surface area contributed by atoms with Crippen LogP contribution in [-0.2, 0) is 6.42 Å². The van der Waals surface area contributed by atoms with Gasteiger partial charge >= 0.3 is 0 Å². The molecule has 3 saturated carbocycles. The SMILES string of the molecule is c1ccc(CCN[C@H]2C[C@H]3C[C@@H]4C[C@H](C3)[C@H]2C4)cc1. The van der Waals surface area contributed by atoms with Gasteiger partial charge in [0.25, 0.3) is 0 Å². The van der Waals surface area contributed by atoms with E-state index >= 15 is 0 Å². The van der Waals surface area contributed by atoms with Crippen molar-refractivity contribution in [1.29, 1.82) is 0 Å². The maximum Gasteiger partial charge on any atom is 0.0101 e. The zero-order chi connectivity index (χ0) is 12.7. The first-order chi connectivity index (χ1) is 9.38. The molecule has 3 aliphatic carbocycles. The van der Waals surface area contributed by atoms with E-state index in [-0.39, 0.29) is 0 Å². The summed E-state index contributed by atoms with van der Waals surface area (Å²) in [4.78, 5) is 0. The molecule has 19 heavy (non-hydrogen) atoms. The van der Waals surface area contributed by atoms with Crippen molar-refractivity contribution >= 4 is 0 Å². The van der Waals surface area contributed by atoms with E-state index in [2.05, 4.69) is 35.6 Å². The van der Waals surface area contributed by atoms with Crippen molar-refractivity contribution in [3.63, 3.8) is 0 Å². The molecule has 0 unspecified atom stereocenters. The average molecular weight is 255 g/mol. The molecule has 0 aromatic heterocycles. The minimum atomic E-state index is 0.833. The summed E-state index contributed by atoms with van der Waals surface area (Å²) in [6.07, 6.45) is 8.83. The van der Waals surface area contributed by atoms with Gasteiger partial charge in [0, 0.05) is 6.04 Å². The van der Waals surface area contributed by atoms with Gasteiger partial charge in [-0.15, -0.1) is 0 Å². The number of nitrogens with one attached hydrogen (secondary N) is 1. The zero-order valence-electron chi connectivity index (χ0n) is 11.7. The number of fused-ring (bicyclic) bond motifs is 2. The van der Waals surface area contributed by atoms with Crippen molar-refractivity contribution in [2.24, 2.45) is 23.7 Å². The Balaban J connectivity index is 1.34. The molecule has 0 radical (unpaired) electrons. The van der Waals surface area contributed by atoms with Gasteiger partial charge < -0.3 is 5.32 Å². The molecule has 3 aliphatic rings. The average Bonchev–Trinajstić information content (AvgIpc) is 2.66. The third-order valence-electron chi connectivity index (χ3n) is 5.92. The first-order valence-corrected chi connectivity index (χ1v) is 8.16. The molecule has 0 heterocycles. The van der Waals surface area contributed by atoms with Crippen molar-refractivity contribution in [2.45, 2.75) is 44.6 Å². The Hall–Kier alpha value is -0.820. The normalized spacial score (nSPS) is 39.7. The minimum Gasteiger partial charge on any atom is -0.313 e. The monoisotopic (exact) mass is 255 g/mol. The van der Waals surface area contributed by atoms with Crippen LogP contribution in [0.2, 0.25) is 0 Å². The van der Waals surface area contributed by atoms with Gasteiger partial charge in [0.05, 0.1) is 0 Å². The third kappa shape index (κ3) is 2.33. The van der Waals surface area contributed by atoms with Crippen LogP contribution in [0.15, 0.2) is 30.3 Å². The lowest BCUT2D eigenvalue weighted by Gasteiger charge is -2.40. The van der Waals surface area contributed by atoms with E-state index in [4.69, 9.17) is 0 Å². The van der Waals surface area contributed by atoms with E-state index in [1.807, 2.05) is 0 Å². The Kier molecular flexibility index (Phi) is 3.11. The van der Waals surface area contributed by atoms with Gasteiger partial charge in [-0.05, 0) is 74.3 Å². The second-order valence-electron chi connectivity index (χ2n) is 7.13. The molecular formula is C18H25N. The molecule has 5 atom stereocenters. The zero-order valence-corrected chi connectivity index (χ0v) is 11.7. The summed E-state index contributed by atoms with van der Waals surface area (Å²) < 4.78 is 0. The topological polar surface area (TPSA) is 12.0 Å². The van der Waals surface area contributed by atoms with Gasteiger partial charge in [-0.1, -0.05) is 30.3 Å². The molecule has 3 fully saturated rings. The highest BCUT2D eigenvalue weighted by molar-refractivity contribution is 5.15. The van der Waals surface area contributed by atoms with Gasteiger partial charge in [-0.2, -0.15) is 0 Å². The summed E-state index contributed by atoms with van der Waals surface area (Å²) in [7, 11) is 0. The highest BCUT2D eigenvalue weighted by Gasteiger charge is 2.48. The number of rotatable bonds is 4. The molecule has 1 nitrogen and oxygen atoms in total. The van der Waals surface area contributed by atoms with E-state index < -0.39 is 0 Å². The molecule has 1 N–H and O–H groups in total. The molecule has 3 bridgehead atoms. The van der Waals surface area contributed by atoms with Gasteiger partial charge in [0.1, 0.15) is 0 Å². The van der Waals surface area contributed by atoms with Crippen LogP contribution in [-0.4, -0.2) is 12.6 Å². The first-order valence-electron chi connectivity index (χ1n) is 8.16. The Morgan fingerprint density at radius 2 is 1.68 bits per heavy atom. The predicted molar refractivity (Wildman–Crippen MR) is 79.0 cm³/mol. The lowest BCUT2D eigenvalue weighted by molar-refractivity contribution is 0.138. The number of benzene rings is 1. The van der Waals surface area contributed by atoms with Gasteiger partial charge in [-0.3, -0.25) is 0 Å². The van der Waals surface area contributed by atoms with Crippen LogP contribution >= 0.6 is 0 Å². The maximum atomic E-state index is 3.90. The smallest absolute Gasteiger partial charge is 0.0101 e. The second kappa shape index (κ2) is 4.94. The minimum absolute atomic E-state index is 0.833. The molecule has 0 aliphatic heterocycles. The molecule has 0 amide bonds. The summed E-state index contributed by atoms with van der Waals surface area (Å²) >= 11 is 0. The van der Waals surface area contributed by atoms with E-state index in [1.54, 1.807) is 19.3 Å². The lowest BCUT2D eigenvalue weighted by Crippen LogP contribution is -2.44. The Morgan fingerprint density at radius 1 is 0.895 bits per heavy atom. The quantitative estimate of drug-likeness (QED) is 0.866. The maximum absolute atomic E-state index is 3.90. The summed E-state index contributed by atoms with van der Waals surface area (Å²) in [5.74, 6) is 4.23. The van der Waals surface area contributed by atoms with Gasteiger partial charge in [-0.25, -0.2) is 0 Å². The third-order valence-corrected chi connectivity index (χ3v) is 5.92. The number of hydrogen-bond acceptors (Lipinski definition) is 1. The largest absolute Gasteiger partial charge is 0.313 e. The van der Waals surface area contributed by atoms with Crippen LogP contribution in [0.4, 0.5) is 0 Å². The van der Waals surface area contributed by atoms with Crippen LogP contribution in [0.1, 0.15) is 37.7 Å². The van der Waals surface area contributed by atoms with Gasteiger partial charge in [0.15, 0.2) is 0 Å². The van der Waals surface area contributed by atoms with Gasteiger partial charge in [0.2, 0.25) is 0 Å². The fourth-order valence-corrected chi connectivity index (χ4v) is 5.24. The second-order valence-corrected chi connectivity index (χ2v) is 7.13. The van der Waals surface area contributed by atoms with E-state index in [9.17, 15) is 0 Å². The van der Waals surface area contributed by atoms with Crippen LogP contribution in [0.3, 0.4) is 0 Å². The molecule has 1 aromatic carbocycles. The van der Waals surface area contributed by atoms with Crippen molar-refractivity contribution in [1.82, 2.24) is 5.32 Å². The van der Waals surface area contributed by atoms with Crippen molar-refractivity contribution in [3.05, 3.63) is 35.9 Å². The predicted octanol–water partition coefficient (Wildman–Crippen LogP) is 3.64.